The largest absolute Gasteiger partial charge is 0.766 e. The van der Waals surface area contributed by atoms with E-state index in [1.165, 1.54) is 6.20 Å². The van der Waals surface area contributed by atoms with E-state index in [2.05, 4.69) is 9.97 Å². The summed E-state index contributed by atoms with van der Waals surface area (Å²) in [4.78, 5) is 7.16. The highest BCUT2D eigenvalue weighted by molar-refractivity contribution is 7.78. The number of hydrogen-bond acceptors (Lipinski definition) is 4. The summed E-state index contributed by atoms with van der Waals surface area (Å²) in [6, 6.07) is 1.64. The highest BCUT2D eigenvalue weighted by atomic mass is 32.2. The van der Waals surface area contributed by atoms with Gasteiger partial charge in [0.1, 0.15) is 0 Å². The average molecular weight is 157 g/mol. The molecule has 0 aliphatic carbocycles. The van der Waals surface area contributed by atoms with Gasteiger partial charge in [-0.05, 0) is 13.0 Å². The fraction of sp³-hybridized carbons (Fsp3) is 0.200. The van der Waals surface area contributed by atoms with Crippen molar-refractivity contribution in [3.05, 3.63) is 18.0 Å². The van der Waals surface area contributed by atoms with Gasteiger partial charge in [0.05, 0.1) is 0 Å². The number of hydrogen-bond donors (Lipinski definition) is 0. The fourth-order valence-electron chi connectivity index (χ4n) is 0.506. The lowest BCUT2D eigenvalue weighted by Gasteiger charge is -2.01. The second-order valence-electron chi connectivity index (χ2n) is 1.72. The first kappa shape index (κ1) is 7.30. The van der Waals surface area contributed by atoms with Gasteiger partial charge in [-0.3, -0.25) is 4.21 Å². The summed E-state index contributed by atoms with van der Waals surface area (Å²) in [6.07, 6.45) is 1.41. The third kappa shape index (κ3) is 1.58. The van der Waals surface area contributed by atoms with E-state index in [4.69, 9.17) is 0 Å². The van der Waals surface area contributed by atoms with Crippen molar-refractivity contribution < 1.29 is 8.76 Å². The summed E-state index contributed by atoms with van der Waals surface area (Å²) < 4.78 is 20.5. The number of aromatic nitrogens is 2. The van der Waals surface area contributed by atoms with Crippen molar-refractivity contribution in [1.29, 1.82) is 0 Å². The lowest BCUT2D eigenvalue weighted by atomic mass is 10.5. The van der Waals surface area contributed by atoms with Crippen molar-refractivity contribution in [3.63, 3.8) is 0 Å². The average Bonchev–Trinajstić information content (AvgIpc) is 1.88. The lowest BCUT2D eigenvalue weighted by Crippen LogP contribution is -1.97. The van der Waals surface area contributed by atoms with Crippen LogP contribution in [0.3, 0.4) is 0 Å². The van der Waals surface area contributed by atoms with Gasteiger partial charge >= 0.3 is 0 Å². The summed E-state index contributed by atoms with van der Waals surface area (Å²) in [5.41, 5.74) is 0.647. The van der Waals surface area contributed by atoms with Gasteiger partial charge in [0.2, 0.25) is 5.16 Å². The predicted octanol–water partition coefficient (Wildman–Crippen LogP) is 0.0230. The molecule has 1 atom stereocenters. The summed E-state index contributed by atoms with van der Waals surface area (Å²) in [7, 11) is 0. The van der Waals surface area contributed by atoms with E-state index in [-0.39, 0.29) is 5.16 Å². The number of rotatable bonds is 1. The zero-order valence-electron chi connectivity index (χ0n) is 5.27. The number of aryl methyl sites for hydroxylation is 1. The van der Waals surface area contributed by atoms with Crippen molar-refractivity contribution in [2.24, 2.45) is 0 Å². The van der Waals surface area contributed by atoms with Crippen LogP contribution in [0.25, 0.3) is 0 Å². The molecular formula is C5H5N2O2S-. The zero-order valence-corrected chi connectivity index (χ0v) is 6.09. The van der Waals surface area contributed by atoms with E-state index in [0.717, 1.165) is 0 Å². The van der Waals surface area contributed by atoms with E-state index < -0.39 is 11.1 Å². The van der Waals surface area contributed by atoms with Crippen LogP contribution in [0.1, 0.15) is 5.69 Å². The highest BCUT2D eigenvalue weighted by Crippen LogP contribution is 1.95. The van der Waals surface area contributed by atoms with Gasteiger partial charge in [-0.2, -0.15) is 0 Å². The molecule has 0 N–H and O–H groups in total. The van der Waals surface area contributed by atoms with Crippen LogP contribution >= 0.6 is 0 Å². The highest BCUT2D eigenvalue weighted by Gasteiger charge is 1.93. The predicted molar refractivity (Wildman–Crippen MR) is 34.0 cm³/mol. The molecule has 0 fully saturated rings. The van der Waals surface area contributed by atoms with Crippen molar-refractivity contribution in [2.75, 3.05) is 0 Å². The molecule has 0 spiro atoms. The van der Waals surface area contributed by atoms with E-state index >= 15 is 0 Å². The molecule has 1 heterocycles. The molecular weight excluding hydrogens is 152 g/mol. The van der Waals surface area contributed by atoms with Crippen LogP contribution in [-0.4, -0.2) is 18.7 Å². The Hall–Kier alpha value is -0.810. The van der Waals surface area contributed by atoms with Crippen LogP contribution in [0.5, 0.6) is 0 Å². The molecule has 4 nitrogen and oxygen atoms in total. The van der Waals surface area contributed by atoms with E-state index in [1.54, 1.807) is 13.0 Å². The van der Waals surface area contributed by atoms with Crippen LogP contribution in [-0.2, 0) is 11.1 Å². The van der Waals surface area contributed by atoms with Gasteiger partial charge in [0.25, 0.3) is 0 Å². The Balaban J connectivity index is 3.07. The van der Waals surface area contributed by atoms with Crippen molar-refractivity contribution in [1.82, 2.24) is 9.97 Å². The molecule has 1 rings (SSSR count). The normalized spacial score (nSPS) is 13.0. The minimum absolute atomic E-state index is 0.153. The topological polar surface area (TPSA) is 65.9 Å². The van der Waals surface area contributed by atoms with Gasteiger partial charge in [0, 0.05) is 23.0 Å². The summed E-state index contributed by atoms with van der Waals surface area (Å²) >= 11 is -2.31. The molecule has 10 heavy (non-hydrogen) atoms. The molecule has 0 aliphatic rings. The molecule has 1 aromatic heterocycles. The van der Waals surface area contributed by atoms with Crippen LogP contribution in [0.4, 0.5) is 0 Å². The molecule has 54 valence electrons. The smallest absolute Gasteiger partial charge is 0.204 e. The third-order valence-electron chi connectivity index (χ3n) is 0.922. The Morgan fingerprint density at radius 1 is 1.70 bits per heavy atom. The van der Waals surface area contributed by atoms with Gasteiger partial charge < -0.3 is 4.55 Å². The SMILES string of the molecule is Cc1ccnc(S(=O)[O-])n1. The molecule has 0 saturated heterocycles. The Kier molecular flexibility index (Phi) is 2.08. The van der Waals surface area contributed by atoms with Crippen LogP contribution < -0.4 is 0 Å². The minimum Gasteiger partial charge on any atom is -0.766 e. The first-order valence-corrected chi connectivity index (χ1v) is 3.66. The van der Waals surface area contributed by atoms with Crippen molar-refractivity contribution in [3.8, 4) is 0 Å². The van der Waals surface area contributed by atoms with Gasteiger partial charge in [0.15, 0.2) is 0 Å². The maximum absolute atomic E-state index is 10.2. The quantitative estimate of drug-likeness (QED) is 0.426. The first-order valence-electron chi connectivity index (χ1n) is 2.59. The van der Waals surface area contributed by atoms with Crippen molar-refractivity contribution >= 4 is 11.1 Å². The second kappa shape index (κ2) is 2.85. The molecule has 1 unspecified atom stereocenters. The van der Waals surface area contributed by atoms with Gasteiger partial charge in [-0.15, -0.1) is 0 Å². The third-order valence-corrected chi connectivity index (χ3v) is 1.42. The Bertz CT molecular complexity index is 264. The Labute approximate surface area is 60.6 Å². The summed E-state index contributed by atoms with van der Waals surface area (Å²) in [6.45, 7) is 1.71. The monoisotopic (exact) mass is 157 g/mol. The van der Waals surface area contributed by atoms with Crippen LogP contribution in [0, 0.1) is 6.92 Å². The molecule has 0 bridgehead atoms. The molecule has 5 heteroatoms. The van der Waals surface area contributed by atoms with E-state index in [0.29, 0.717) is 5.69 Å². The van der Waals surface area contributed by atoms with Gasteiger partial charge in [-0.1, -0.05) is 0 Å². The maximum atomic E-state index is 10.2. The van der Waals surface area contributed by atoms with Crippen LogP contribution in [0.15, 0.2) is 17.4 Å². The molecule has 1 aromatic rings. The van der Waals surface area contributed by atoms with Gasteiger partial charge in [-0.25, -0.2) is 9.97 Å². The lowest BCUT2D eigenvalue weighted by molar-refractivity contribution is 0.528. The minimum atomic E-state index is -2.31. The zero-order chi connectivity index (χ0) is 7.56. The fourth-order valence-corrected chi connectivity index (χ4v) is 0.872. The molecule has 0 aromatic carbocycles. The summed E-state index contributed by atoms with van der Waals surface area (Å²) in [5.74, 6) is 0. The maximum Gasteiger partial charge on any atom is 0.204 e. The van der Waals surface area contributed by atoms with E-state index in [9.17, 15) is 8.76 Å². The molecule has 0 aliphatic heterocycles. The second-order valence-corrected chi connectivity index (χ2v) is 2.55. The standard InChI is InChI=1S/C5H6N2O2S/c1-4-2-3-6-5(7-4)10(8)9/h2-3H,1H3,(H,8,9)/p-1. The van der Waals surface area contributed by atoms with Crippen molar-refractivity contribution in [2.45, 2.75) is 12.1 Å². The summed E-state index contributed by atoms with van der Waals surface area (Å²) in [5, 5.41) is -0.153. The Morgan fingerprint density at radius 2 is 2.40 bits per heavy atom. The first-order chi connectivity index (χ1) is 4.70. The molecule has 0 saturated carbocycles. The molecule has 0 amide bonds. The number of nitrogens with zero attached hydrogens (tertiary/aromatic N) is 2. The van der Waals surface area contributed by atoms with E-state index in [1.807, 2.05) is 0 Å². The van der Waals surface area contributed by atoms with Crippen LogP contribution in [0.2, 0.25) is 0 Å². The molecule has 0 radical (unpaired) electrons. The Morgan fingerprint density at radius 3 is 2.80 bits per heavy atom.